The van der Waals surface area contributed by atoms with E-state index in [-0.39, 0.29) is 36.3 Å². The van der Waals surface area contributed by atoms with Gasteiger partial charge in [-0.1, -0.05) is 13.8 Å². The Morgan fingerprint density at radius 3 is 2.50 bits per heavy atom. The van der Waals surface area contributed by atoms with Crippen LogP contribution in [0.1, 0.15) is 46.0 Å². The lowest BCUT2D eigenvalue weighted by Crippen LogP contribution is -2.55. The minimum Gasteiger partial charge on any atom is -0.368 e. The Balaban J connectivity index is 1.84. The summed E-state index contributed by atoms with van der Waals surface area (Å²) in [6.07, 6.45) is 4.19. The number of nitrogens with one attached hydrogen (secondary N) is 1. The highest BCUT2D eigenvalue weighted by atomic mass is 16.2. The van der Waals surface area contributed by atoms with Crippen molar-refractivity contribution in [3.05, 3.63) is 0 Å². The second-order valence-corrected chi connectivity index (χ2v) is 7.89. The smallest absolute Gasteiger partial charge is 0.242 e. The van der Waals surface area contributed by atoms with Crippen molar-refractivity contribution in [1.82, 2.24) is 15.1 Å². The quantitative estimate of drug-likeness (QED) is 0.556. The van der Waals surface area contributed by atoms with Gasteiger partial charge in [-0.15, -0.1) is 0 Å². The highest BCUT2D eigenvalue weighted by Crippen LogP contribution is 2.25. The summed E-state index contributed by atoms with van der Waals surface area (Å²) in [4.78, 5) is 40.0. The standard InChI is InChI=1S/C18H33N5O3/c1-12(2)9-14(19)18(26)21-10-16(24)22-7-3-5-13(11-22)23-8-4-6-15(23)17(20)25/h12-15H,3-11,19H2,1-2H3,(H2,20,25)(H,21,26)/t13-,14+,15+/m1/s1. The fourth-order valence-electron chi connectivity index (χ4n) is 4.00. The predicted octanol–water partition coefficient (Wildman–Crippen LogP) is -0.583. The number of nitrogens with zero attached hydrogens (tertiary/aromatic N) is 2. The van der Waals surface area contributed by atoms with Gasteiger partial charge in [0.2, 0.25) is 17.7 Å². The number of rotatable bonds is 7. The van der Waals surface area contributed by atoms with E-state index in [4.69, 9.17) is 11.5 Å². The Morgan fingerprint density at radius 2 is 1.85 bits per heavy atom. The Kier molecular flexibility index (Phi) is 7.40. The second-order valence-electron chi connectivity index (χ2n) is 7.89. The van der Waals surface area contributed by atoms with Crippen molar-refractivity contribution in [3.63, 3.8) is 0 Å². The van der Waals surface area contributed by atoms with Crippen molar-refractivity contribution in [1.29, 1.82) is 0 Å². The number of nitrogens with two attached hydrogens (primary N) is 2. The molecule has 0 aromatic heterocycles. The molecule has 2 aliphatic heterocycles. The highest BCUT2D eigenvalue weighted by Gasteiger charge is 2.36. The number of carbonyl (C=O) groups excluding carboxylic acids is 3. The SMILES string of the molecule is CC(C)C[C@H](N)C(=O)NCC(=O)N1CCC[C@@H](N2CCC[C@H]2C(N)=O)C1. The molecule has 0 unspecified atom stereocenters. The molecule has 2 heterocycles. The fourth-order valence-corrected chi connectivity index (χ4v) is 4.00. The normalized spacial score (nSPS) is 25.3. The highest BCUT2D eigenvalue weighted by molar-refractivity contribution is 5.87. The van der Waals surface area contributed by atoms with Crippen LogP contribution in [0.5, 0.6) is 0 Å². The Hall–Kier alpha value is -1.67. The lowest BCUT2D eigenvalue weighted by Gasteiger charge is -2.39. The molecule has 148 valence electrons. The van der Waals surface area contributed by atoms with E-state index < -0.39 is 6.04 Å². The van der Waals surface area contributed by atoms with Gasteiger partial charge in [-0.3, -0.25) is 19.3 Å². The molecule has 2 fully saturated rings. The van der Waals surface area contributed by atoms with Crippen molar-refractivity contribution in [2.45, 2.75) is 64.1 Å². The molecule has 8 heteroatoms. The molecule has 0 spiro atoms. The summed E-state index contributed by atoms with van der Waals surface area (Å²) in [6, 6.07) is -0.645. The average Bonchev–Trinajstić information content (AvgIpc) is 3.09. The summed E-state index contributed by atoms with van der Waals surface area (Å²) < 4.78 is 0. The number of piperidine rings is 1. The van der Waals surface area contributed by atoms with Crippen LogP contribution in [0.4, 0.5) is 0 Å². The zero-order valence-electron chi connectivity index (χ0n) is 15.9. The first-order chi connectivity index (χ1) is 12.3. The topological polar surface area (TPSA) is 122 Å². The van der Waals surface area contributed by atoms with Crippen molar-refractivity contribution in [3.8, 4) is 0 Å². The maximum atomic E-state index is 12.5. The van der Waals surface area contributed by atoms with Gasteiger partial charge in [0.05, 0.1) is 18.6 Å². The zero-order chi connectivity index (χ0) is 19.3. The molecule has 5 N–H and O–H groups in total. The molecular weight excluding hydrogens is 334 g/mol. The van der Waals surface area contributed by atoms with E-state index in [2.05, 4.69) is 10.2 Å². The molecule has 0 saturated carbocycles. The summed E-state index contributed by atoms with van der Waals surface area (Å²) >= 11 is 0. The number of carbonyl (C=O) groups is 3. The number of likely N-dealkylation sites (tertiary alicyclic amines) is 2. The van der Waals surface area contributed by atoms with E-state index in [0.717, 1.165) is 32.2 Å². The van der Waals surface area contributed by atoms with Crippen LogP contribution >= 0.6 is 0 Å². The molecule has 2 saturated heterocycles. The molecule has 2 rings (SSSR count). The van der Waals surface area contributed by atoms with E-state index in [9.17, 15) is 14.4 Å². The van der Waals surface area contributed by atoms with Gasteiger partial charge in [0.1, 0.15) is 0 Å². The molecule has 26 heavy (non-hydrogen) atoms. The number of hydrogen-bond donors (Lipinski definition) is 3. The van der Waals surface area contributed by atoms with E-state index in [1.165, 1.54) is 0 Å². The third kappa shape index (κ3) is 5.41. The Bertz CT molecular complexity index is 525. The van der Waals surface area contributed by atoms with Gasteiger partial charge in [-0.25, -0.2) is 0 Å². The molecule has 3 amide bonds. The third-order valence-corrected chi connectivity index (χ3v) is 5.32. The lowest BCUT2D eigenvalue weighted by atomic mass is 10.0. The van der Waals surface area contributed by atoms with E-state index in [1.807, 2.05) is 13.8 Å². The lowest BCUT2D eigenvalue weighted by molar-refractivity contribution is -0.135. The maximum Gasteiger partial charge on any atom is 0.242 e. The van der Waals surface area contributed by atoms with Crippen LogP contribution < -0.4 is 16.8 Å². The van der Waals surface area contributed by atoms with Gasteiger partial charge in [0.15, 0.2) is 0 Å². The zero-order valence-corrected chi connectivity index (χ0v) is 15.9. The molecule has 0 radical (unpaired) electrons. The van der Waals surface area contributed by atoms with E-state index in [0.29, 0.717) is 25.4 Å². The Labute approximate surface area is 155 Å². The van der Waals surface area contributed by atoms with Crippen LogP contribution in [-0.2, 0) is 14.4 Å². The molecule has 0 aromatic carbocycles. The van der Waals surface area contributed by atoms with Crippen molar-refractivity contribution in [2.24, 2.45) is 17.4 Å². The van der Waals surface area contributed by atoms with Crippen LogP contribution in [0.3, 0.4) is 0 Å². The van der Waals surface area contributed by atoms with Crippen molar-refractivity contribution >= 4 is 17.7 Å². The summed E-state index contributed by atoms with van der Waals surface area (Å²) in [6.45, 7) is 6.08. The molecule has 3 atom stereocenters. The molecule has 2 aliphatic rings. The first-order valence-corrected chi connectivity index (χ1v) is 9.65. The third-order valence-electron chi connectivity index (χ3n) is 5.32. The van der Waals surface area contributed by atoms with Crippen molar-refractivity contribution < 1.29 is 14.4 Å². The molecule has 8 nitrogen and oxygen atoms in total. The fraction of sp³-hybridized carbons (Fsp3) is 0.833. The largest absolute Gasteiger partial charge is 0.368 e. The average molecular weight is 367 g/mol. The molecular formula is C18H33N5O3. The van der Waals surface area contributed by atoms with Crippen molar-refractivity contribution in [2.75, 3.05) is 26.2 Å². The van der Waals surface area contributed by atoms with Crippen LogP contribution in [0.25, 0.3) is 0 Å². The number of amides is 3. The van der Waals surface area contributed by atoms with Crippen LogP contribution in [0.2, 0.25) is 0 Å². The van der Waals surface area contributed by atoms with Crippen LogP contribution in [0.15, 0.2) is 0 Å². The summed E-state index contributed by atoms with van der Waals surface area (Å²) in [5.74, 6) is -0.339. The first-order valence-electron chi connectivity index (χ1n) is 9.65. The second kappa shape index (κ2) is 9.32. The van der Waals surface area contributed by atoms with Gasteiger partial charge >= 0.3 is 0 Å². The minimum atomic E-state index is -0.585. The monoisotopic (exact) mass is 367 g/mol. The molecule has 0 aliphatic carbocycles. The van der Waals surface area contributed by atoms with E-state index >= 15 is 0 Å². The Morgan fingerprint density at radius 1 is 1.15 bits per heavy atom. The summed E-state index contributed by atoms with van der Waals surface area (Å²) in [5, 5.41) is 2.65. The van der Waals surface area contributed by atoms with E-state index in [1.54, 1.807) is 4.90 Å². The van der Waals surface area contributed by atoms with Gasteiger partial charge < -0.3 is 21.7 Å². The van der Waals surface area contributed by atoms with Gasteiger partial charge in [-0.05, 0) is 44.6 Å². The number of hydrogen-bond acceptors (Lipinski definition) is 5. The van der Waals surface area contributed by atoms with Gasteiger partial charge in [-0.2, -0.15) is 0 Å². The molecule has 0 bridgehead atoms. The first kappa shape index (κ1) is 20.6. The van der Waals surface area contributed by atoms with Gasteiger partial charge in [0, 0.05) is 19.1 Å². The van der Waals surface area contributed by atoms with Gasteiger partial charge in [0.25, 0.3) is 0 Å². The summed E-state index contributed by atoms with van der Waals surface area (Å²) in [5.41, 5.74) is 11.4. The van der Waals surface area contributed by atoms with Crippen LogP contribution in [-0.4, -0.2) is 71.8 Å². The van der Waals surface area contributed by atoms with Crippen LogP contribution in [0, 0.1) is 5.92 Å². The number of primary amides is 1. The summed E-state index contributed by atoms with van der Waals surface area (Å²) in [7, 11) is 0. The maximum absolute atomic E-state index is 12.5. The molecule has 0 aromatic rings. The minimum absolute atomic E-state index is 0.0312. The predicted molar refractivity (Wildman–Crippen MR) is 99.0 cm³/mol.